The van der Waals surface area contributed by atoms with E-state index >= 15 is 0 Å². The van der Waals surface area contributed by atoms with Gasteiger partial charge in [0.25, 0.3) is 0 Å². The number of hydrogen-bond donors (Lipinski definition) is 1. The summed E-state index contributed by atoms with van der Waals surface area (Å²) in [5, 5.41) is 3.49. The molecule has 2 saturated heterocycles. The van der Waals surface area contributed by atoms with Crippen molar-refractivity contribution in [1.29, 1.82) is 0 Å². The Morgan fingerprint density at radius 1 is 1.25 bits per heavy atom. The molecule has 28 heavy (non-hydrogen) atoms. The molecule has 4 fully saturated rings. The first-order chi connectivity index (χ1) is 13.5. The summed E-state index contributed by atoms with van der Waals surface area (Å²) in [5.74, 6) is 1.72. The highest BCUT2D eigenvalue weighted by Gasteiger charge is 2.64. The zero-order valence-electron chi connectivity index (χ0n) is 16.9. The third-order valence-corrected chi connectivity index (χ3v) is 7.93. The molecule has 2 aliphatic carbocycles. The number of ether oxygens (including phenoxy) is 3. The lowest BCUT2D eigenvalue weighted by Crippen LogP contribution is -2.51. The van der Waals surface area contributed by atoms with Gasteiger partial charge in [-0.1, -0.05) is 19.1 Å². The third-order valence-electron chi connectivity index (χ3n) is 7.93. The number of methoxy groups -OCH3 is 1. The van der Waals surface area contributed by atoms with Gasteiger partial charge in [-0.15, -0.1) is 0 Å². The van der Waals surface area contributed by atoms with Crippen molar-refractivity contribution >= 4 is 5.97 Å². The number of nitrogens with one attached hydrogen (secondary N) is 1. The van der Waals surface area contributed by atoms with E-state index in [-0.39, 0.29) is 29.0 Å². The lowest BCUT2D eigenvalue weighted by molar-refractivity contribution is -0.147. The van der Waals surface area contributed by atoms with Gasteiger partial charge >= 0.3 is 5.97 Å². The summed E-state index contributed by atoms with van der Waals surface area (Å²) in [6, 6.07) is 8.06. The molecular weight excluding hydrogens is 354 g/mol. The summed E-state index contributed by atoms with van der Waals surface area (Å²) in [6.45, 7) is 4.75. The molecule has 5 nitrogen and oxygen atoms in total. The molecule has 2 heterocycles. The van der Waals surface area contributed by atoms with Crippen LogP contribution in [0.3, 0.4) is 0 Å². The number of fused-ring (bicyclic) bond motifs is 3. The van der Waals surface area contributed by atoms with E-state index in [1.807, 2.05) is 12.1 Å². The van der Waals surface area contributed by atoms with E-state index in [4.69, 9.17) is 14.2 Å². The highest BCUT2D eigenvalue weighted by molar-refractivity contribution is 5.75. The molecule has 0 unspecified atom stereocenters. The van der Waals surface area contributed by atoms with E-state index in [2.05, 4.69) is 24.4 Å². The highest BCUT2D eigenvalue weighted by Crippen LogP contribution is 2.62. The number of epoxide rings is 1. The molecule has 5 heteroatoms. The average molecular weight is 386 g/mol. The fraction of sp³-hybridized carbons (Fsp3) is 0.696. The Bertz CT molecular complexity index is 743. The minimum absolute atomic E-state index is 0.00903. The normalized spacial score (nSPS) is 41.3. The Morgan fingerprint density at radius 2 is 2.04 bits per heavy atom. The van der Waals surface area contributed by atoms with Crippen molar-refractivity contribution in [2.45, 2.75) is 57.3 Å². The molecule has 152 valence electrons. The van der Waals surface area contributed by atoms with E-state index in [0.717, 1.165) is 31.7 Å². The van der Waals surface area contributed by atoms with Gasteiger partial charge in [0.05, 0.1) is 25.2 Å². The first-order valence-corrected chi connectivity index (χ1v) is 10.7. The van der Waals surface area contributed by atoms with Crippen LogP contribution in [0.4, 0.5) is 0 Å². The van der Waals surface area contributed by atoms with Crippen molar-refractivity contribution in [2.75, 3.05) is 20.3 Å². The van der Waals surface area contributed by atoms with Crippen LogP contribution in [0.2, 0.25) is 0 Å². The Kier molecular flexibility index (Phi) is 4.44. The second-order valence-electron chi connectivity index (χ2n) is 9.58. The number of hydrogen-bond acceptors (Lipinski definition) is 5. The van der Waals surface area contributed by atoms with Crippen LogP contribution in [-0.2, 0) is 20.8 Å². The summed E-state index contributed by atoms with van der Waals surface area (Å²) in [4.78, 5) is 12.6. The second kappa shape index (κ2) is 6.74. The smallest absolute Gasteiger partial charge is 0.310 e. The van der Waals surface area contributed by atoms with E-state index < -0.39 is 0 Å². The van der Waals surface area contributed by atoms with Gasteiger partial charge in [0.1, 0.15) is 11.9 Å². The fourth-order valence-electron chi connectivity index (χ4n) is 6.31. The molecule has 0 amide bonds. The zero-order chi connectivity index (χ0) is 19.4. The summed E-state index contributed by atoms with van der Waals surface area (Å²) in [6.07, 6.45) is 5.85. The van der Waals surface area contributed by atoms with E-state index in [1.165, 1.54) is 24.8 Å². The number of carbonyl (C=O) groups excluding carboxylic acids is 1. The van der Waals surface area contributed by atoms with Crippen LogP contribution in [0, 0.1) is 23.2 Å². The van der Waals surface area contributed by atoms with Crippen LogP contribution < -0.4 is 10.1 Å². The molecule has 1 spiro atoms. The van der Waals surface area contributed by atoms with Gasteiger partial charge in [-0.05, 0) is 61.1 Å². The van der Waals surface area contributed by atoms with Crippen LogP contribution in [-0.4, -0.2) is 37.9 Å². The van der Waals surface area contributed by atoms with Crippen LogP contribution in [0.1, 0.15) is 44.6 Å². The summed E-state index contributed by atoms with van der Waals surface area (Å²) < 4.78 is 17.1. The van der Waals surface area contributed by atoms with Gasteiger partial charge in [0.2, 0.25) is 0 Å². The lowest BCUT2D eigenvalue weighted by atomic mass is 9.53. The number of carbonyl (C=O) groups is 1. The van der Waals surface area contributed by atoms with Crippen molar-refractivity contribution in [2.24, 2.45) is 23.2 Å². The van der Waals surface area contributed by atoms with Crippen molar-refractivity contribution in [3.8, 4) is 5.75 Å². The van der Waals surface area contributed by atoms with E-state index in [0.29, 0.717) is 18.4 Å². The molecule has 6 atom stereocenters. The summed E-state index contributed by atoms with van der Waals surface area (Å²) in [7, 11) is 1.67. The second-order valence-corrected chi connectivity index (χ2v) is 9.58. The quantitative estimate of drug-likeness (QED) is 0.622. The number of esters is 1. The average Bonchev–Trinajstić information content (AvgIpc) is 3.39. The van der Waals surface area contributed by atoms with Crippen LogP contribution in [0.25, 0.3) is 0 Å². The van der Waals surface area contributed by atoms with Crippen LogP contribution in [0.5, 0.6) is 5.75 Å². The van der Waals surface area contributed by atoms with Crippen molar-refractivity contribution < 1.29 is 19.0 Å². The van der Waals surface area contributed by atoms with Crippen molar-refractivity contribution in [3.63, 3.8) is 0 Å². The monoisotopic (exact) mass is 385 g/mol. The zero-order valence-corrected chi connectivity index (χ0v) is 16.9. The van der Waals surface area contributed by atoms with Crippen molar-refractivity contribution in [1.82, 2.24) is 5.32 Å². The molecule has 5 rings (SSSR count). The fourth-order valence-corrected chi connectivity index (χ4v) is 6.31. The molecule has 1 N–H and O–H groups in total. The van der Waals surface area contributed by atoms with Crippen LogP contribution >= 0.6 is 0 Å². The maximum absolute atomic E-state index is 12.6. The van der Waals surface area contributed by atoms with Gasteiger partial charge in [0, 0.05) is 19.0 Å². The number of benzene rings is 1. The maximum atomic E-state index is 12.6. The molecule has 2 aliphatic heterocycles. The van der Waals surface area contributed by atoms with Crippen molar-refractivity contribution in [3.05, 3.63) is 29.8 Å². The third kappa shape index (κ3) is 3.03. The maximum Gasteiger partial charge on any atom is 0.310 e. The first kappa shape index (κ1) is 18.4. The summed E-state index contributed by atoms with van der Waals surface area (Å²) in [5.41, 5.74) is 1.57. The Labute approximate surface area is 167 Å². The minimum Gasteiger partial charge on any atom is -0.497 e. The van der Waals surface area contributed by atoms with E-state index in [1.54, 1.807) is 7.11 Å². The Balaban J connectivity index is 1.24. The molecule has 2 saturated carbocycles. The largest absolute Gasteiger partial charge is 0.497 e. The van der Waals surface area contributed by atoms with Gasteiger partial charge in [0.15, 0.2) is 0 Å². The van der Waals surface area contributed by atoms with Gasteiger partial charge in [-0.25, -0.2) is 0 Å². The minimum atomic E-state index is -0.0366. The molecule has 4 aliphatic rings. The topological polar surface area (TPSA) is 60.1 Å². The standard InChI is InChI=1S/C23H31NO4/c1-22-8-3-9-23(14-27-23)20(22)10-17-18(21(25)28-19(17)11-22)13-24-12-15-4-6-16(26-2)7-5-15/h4-7,17-20,24H,3,8-14H2,1-2H3/t17-,18+,19-,20-,22-,23+/m1/s1. The highest BCUT2D eigenvalue weighted by atomic mass is 16.6. The lowest BCUT2D eigenvalue weighted by Gasteiger charge is -2.51. The Hall–Kier alpha value is -1.59. The van der Waals surface area contributed by atoms with Gasteiger partial charge in [-0.3, -0.25) is 4.79 Å². The molecule has 0 radical (unpaired) electrons. The Morgan fingerprint density at radius 3 is 2.75 bits per heavy atom. The van der Waals surface area contributed by atoms with Crippen LogP contribution in [0.15, 0.2) is 24.3 Å². The molecular formula is C23H31NO4. The molecule has 0 bridgehead atoms. The predicted octanol–water partition coefficient (Wildman–Crippen LogP) is 3.31. The number of rotatable bonds is 5. The SMILES string of the molecule is COc1ccc(CNC[C@@H]2C(=O)O[C@@H]3C[C@@]4(C)CCC[C@]5(CO5)[C@@H]4C[C@H]23)cc1. The van der Waals surface area contributed by atoms with Gasteiger partial charge < -0.3 is 19.5 Å². The first-order valence-electron chi connectivity index (χ1n) is 10.7. The van der Waals surface area contributed by atoms with Gasteiger partial charge in [-0.2, -0.15) is 0 Å². The predicted molar refractivity (Wildman–Crippen MR) is 105 cm³/mol. The molecule has 0 aromatic heterocycles. The molecule has 1 aromatic carbocycles. The summed E-state index contributed by atoms with van der Waals surface area (Å²) >= 11 is 0. The van der Waals surface area contributed by atoms with E-state index in [9.17, 15) is 4.79 Å². The molecule has 1 aromatic rings.